The Kier molecular flexibility index (Phi) is 39.4. The van der Waals surface area contributed by atoms with E-state index in [1.54, 1.807) is 0 Å². The summed E-state index contributed by atoms with van der Waals surface area (Å²) in [4.78, 5) is 37.7. The fourth-order valence-corrected chi connectivity index (χ4v) is 7.23. The summed E-state index contributed by atoms with van der Waals surface area (Å²) in [6, 6.07) is 0. The molecule has 6 nitrogen and oxygen atoms in total. The number of hydrogen-bond donors (Lipinski definition) is 0. The maximum atomic E-state index is 12.7. The van der Waals surface area contributed by atoms with E-state index < -0.39 is 6.10 Å². The van der Waals surface area contributed by atoms with E-state index in [0.717, 1.165) is 75.5 Å². The molecule has 0 rings (SSSR count). The van der Waals surface area contributed by atoms with Crippen LogP contribution >= 0.6 is 0 Å². The first-order valence-corrected chi connectivity index (χ1v) is 24.1. The third kappa shape index (κ3) is 43.4. The Morgan fingerprint density at radius 3 is 0.782 bits per heavy atom. The van der Waals surface area contributed by atoms with Crippen molar-refractivity contribution in [3.63, 3.8) is 0 Å². The summed E-state index contributed by atoms with van der Waals surface area (Å²) in [6.07, 6.45) is 38.3. The summed E-state index contributed by atoms with van der Waals surface area (Å²) >= 11 is 0. The highest BCUT2D eigenvalue weighted by molar-refractivity contribution is 5.71. The molecule has 0 fully saturated rings. The second-order valence-corrected chi connectivity index (χ2v) is 18.2. The van der Waals surface area contributed by atoms with Crippen LogP contribution in [-0.2, 0) is 28.6 Å². The van der Waals surface area contributed by atoms with E-state index in [-0.39, 0.29) is 31.1 Å². The van der Waals surface area contributed by atoms with Crippen LogP contribution in [0.3, 0.4) is 0 Å². The third-order valence-electron chi connectivity index (χ3n) is 10.9. The highest BCUT2D eigenvalue weighted by atomic mass is 16.6. The Hall–Kier alpha value is -1.59. The van der Waals surface area contributed by atoms with Crippen LogP contribution in [0, 0.1) is 17.8 Å². The Bertz CT molecular complexity index is 852. The highest BCUT2D eigenvalue weighted by Gasteiger charge is 2.19. The summed E-state index contributed by atoms with van der Waals surface area (Å²) in [5.41, 5.74) is 0. The predicted octanol–water partition coefficient (Wildman–Crippen LogP) is 15.2. The molecule has 0 aliphatic carbocycles. The van der Waals surface area contributed by atoms with E-state index in [9.17, 15) is 14.4 Å². The van der Waals surface area contributed by atoms with Crippen molar-refractivity contribution in [2.45, 2.75) is 266 Å². The minimum atomic E-state index is -0.762. The lowest BCUT2D eigenvalue weighted by molar-refractivity contribution is -0.167. The van der Waals surface area contributed by atoms with Gasteiger partial charge in [0.1, 0.15) is 13.2 Å². The molecule has 0 aromatic carbocycles. The van der Waals surface area contributed by atoms with Gasteiger partial charge in [-0.05, 0) is 37.0 Å². The first-order chi connectivity index (χ1) is 26.6. The molecule has 326 valence electrons. The molecule has 0 amide bonds. The first-order valence-electron chi connectivity index (χ1n) is 24.1. The second-order valence-electron chi connectivity index (χ2n) is 18.2. The van der Waals surface area contributed by atoms with Crippen LogP contribution < -0.4 is 0 Å². The van der Waals surface area contributed by atoms with Crippen molar-refractivity contribution < 1.29 is 28.6 Å². The van der Waals surface area contributed by atoms with Crippen molar-refractivity contribution in [1.29, 1.82) is 0 Å². The van der Waals surface area contributed by atoms with E-state index >= 15 is 0 Å². The van der Waals surface area contributed by atoms with E-state index in [4.69, 9.17) is 14.2 Å². The maximum Gasteiger partial charge on any atom is 0.306 e. The van der Waals surface area contributed by atoms with Gasteiger partial charge >= 0.3 is 17.9 Å². The number of carbonyl (C=O) groups is 3. The SMILES string of the molecule is CC(C)CCCCCCCCCCCCCCCCCC(=O)O[C@H](COC(=O)CCCCCCCCCC(C)C)COC(=O)CCCCCCCCC(C)C. The van der Waals surface area contributed by atoms with Crippen LogP contribution in [-0.4, -0.2) is 37.2 Å². The van der Waals surface area contributed by atoms with E-state index in [0.29, 0.717) is 19.3 Å². The van der Waals surface area contributed by atoms with Gasteiger partial charge in [0, 0.05) is 19.3 Å². The van der Waals surface area contributed by atoms with Crippen LogP contribution in [0.1, 0.15) is 260 Å². The number of esters is 3. The Morgan fingerprint density at radius 1 is 0.309 bits per heavy atom. The molecule has 0 aliphatic rings. The van der Waals surface area contributed by atoms with Gasteiger partial charge in [-0.2, -0.15) is 0 Å². The molecule has 0 spiro atoms. The lowest BCUT2D eigenvalue weighted by atomic mass is 10.0. The molecule has 0 N–H and O–H groups in total. The van der Waals surface area contributed by atoms with Crippen molar-refractivity contribution >= 4 is 17.9 Å². The summed E-state index contributed by atoms with van der Waals surface area (Å²) in [5.74, 6) is 1.53. The van der Waals surface area contributed by atoms with Gasteiger partial charge in [-0.15, -0.1) is 0 Å². The van der Waals surface area contributed by atoms with Gasteiger partial charge in [0.25, 0.3) is 0 Å². The van der Waals surface area contributed by atoms with Crippen LogP contribution in [0.2, 0.25) is 0 Å². The summed E-state index contributed by atoms with van der Waals surface area (Å²) in [6.45, 7) is 13.6. The summed E-state index contributed by atoms with van der Waals surface area (Å²) in [7, 11) is 0. The molecule has 0 unspecified atom stereocenters. The van der Waals surface area contributed by atoms with Crippen molar-refractivity contribution in [2.24, 2.45) is 17.8 Å². The minimum absolute atomic E-state index is 0.0669. The first kappa shape index (κ1) is 53.4. The van der Waals surface area contributed by atoms with Gasteiger partial charge < -0.3 is 14.2 Å². The summed E-state index contributed by atoms with van der Waals surface area (Å²) in [5, 5.41) is 0. The van der Waals surface area contributed by atoms with Gasteiger partial charge in [-0.25, -0.2) is 0 Å². The molecular weight excluding hydrogens is 685 g/mol. The number of carbonyl (C=O) groups excluding carboxylic acids is 3. The van der Waals surface area contributed by atoms with Crippen LogP contribution in [0.5, 0.6) is 0 Å². The number of hydrogen-bond acceptors (Lipinski definition) is 6. The van der Waals surface area contributed by atoms with E-state index in [1.165, 1.54) is 141 Å². The monoisotopic (exact) mass is 779 g/mol. The fourth-order valence-electron chi connectivity index (χ4n) is 7.23. The number of rotatable bonds is 42. The largest absolute Gasteiger partial charge is 0.462 e. The van der Waals surface area contributed by atoms with E-state index in [2.05, 4.69) is 41.5 Å². The molecule has 0 aromatic heterocycles. The Balaban J connectivity index is 4.25. The van der Waals surface area contributed by atoms with Gasteiger partial charge in [-0.1, -0.05) is 221 Å². The molecule has 6 heteroatoms. The predicted molar refractivity (Wildman–Crippen MR) is 233 cm³/mol. The quantitative estimate of drug-likeness (QED) is 0.0349. The van der Waals surface area contributed by atoms with Gasteiger partial charge in [0.2, 0.25) is 0 Å². The van der Waals surface area contributed by atoms with Crippen LogP contribution in [0.25, 0.3) is 0 Å². The molecule has 0 bridgehead atoms. The zero-order valence-electron chi connectivity index (χ0n) is 37.7. The number of ether oxygens (including phenoxy) is 3. The molecule has 0 saturated heterocycles. The van der Waals surface area contributed by atoms with Crippen molar-refractivity contribution in [3.8, 4) is 0 Å². The highest BCUT2D eigenvalue weighted by Crippen LogP contribution is 2.17. The van der Waals surface area contributed by atoms with Crippen LogP contribution in [0.4, 0.5) is 0 Å². The third-order valence-corrected chi connectivity index (χ3v) is 10.9. The standard InChI is InChI=1S/C49H94O6/c1-43(2)35-29-23-17-14-12-10-8-7-9-11-13-15-19-28-34-40-49(52)55-46(42-54-48(51)39-33-27-22-21-25-31-37-45(5)6)41-53-47(50)38-32-26-20-16-18-24-30-36-44(3)4/h43-46H,7-42H2,1-6H3/t46-/m1/s1. The van der Waals surface area contributed by atoms with Crippen molar-refractivity contribution in [2.75, 3.05) is 13.2 Å². The summed E-state index contributed by atoms with van der Waals surface area (Å²) < 4.78 is 16.7. The topological polar surface area (TPSA) is 78.9 Å². The zero-order chi connectivity index (χ0) is 40.6. The van der Waals surface area contributed by atoms with Crippen molar-refractivity contribution in [3.05, 3.63) is 0 Å². The molecule has 0 saturated carbocycles. The number of unbranched alkanes of at least 4 members (excludes halogenated alkanes) is 25. The normalized spacial score (nSPS) is 12.2. The molecule has 0 aromatic rings. The van der Waals surface area contributed by atoms with Gasteiger partial charge in [0.15, 0.2) is 6.10 Å². The minimum Gasteiger partial charge on any atom is -0.462 e. The molecule has 0 heterocycles. The molecule has 0 radical (unpaired) electrons. The van der Waals surface area contributed by atoms with E-state index in [1.807, 2.05) is 0 Å². The maximum absolute atomic E-state index is 12.7. The van der Waals surface area contributed by atoms with Gasteiger partial charge in [0.05, 0.1) is 0 Å². The van der Waals surface area contributed by atoms with Crippen LogP contribution in [0.15, 0.2) is 0 Å². The fraction of sp³-hybridized carbons (Fsp3) is 0.939. The Morgan fingerprint density at radius 2 is 0.527 bits per heavy atom. The van der Waals surface area contributed by atoms with Gasteiger partial charge in [-0.3, -0.25) is 14.4 Å². The molecule has 1 atom stereocenters. The zero-order valence-corrected chi connectivity index (χ0v) is 37.7. The molecule has 0 aliphatic heterocycles. The molecule has 55 heavy (non-hydrogen) atoms. The average Bonchev–Trinajstić information content (AvgIpc) is 3.13. The van der Waals surface area contributed by atoms with Crippen molar-refractivity contribution in [1.82, 2.24) is 0 Å². The molecular formula is C49H94O6. The lowest BCUT2D eigenvalue weighted by Crippen LogP contribution is -2.30. The second kappa shape index (κ2) is 40.6. The lowest BCUT2D eigenvalue weighted by Gasteiger charge is -2.18. The Labute approximate surface area is 342 Å². The average molecular weight is 779 g/mol. The smallest absolute Gasteiger partial charge is 0.306 e.